The van der Waals surface area contributed by atoms with Crippen molar-refractivity contribution in [1.82, 2.24) is 0 Å². The van der Waals surface area contributed by atoms with Crippen LogP contribution >= 0.6 is 0 Å². The molecule has 0 bridgehead atoms. The van der Waals surface area contributed by atoms with E-state index in [1.54, 1.807) is 18.2 Å². The molecule has 0 aliphatic rings. The zero-order valence-electron chi connectivity index (χ0n) is 24.3. The smallest absolute Gasteiger partial charge is 0.126 e. The van der Waals surface area contributed by atoms with Crippen LogP contribution in [0, 0.1) is 25.5 Å². The Morgan fingerprint density at radius 1 is 0.514 bits per heavy atom. The average molecular weight is 515 g/mol. The first-order chi connectivity index (χ1) is 16.8. The predicted molar refractivity (Wildman–Crippen MR) is 150 cm³/mol. The van der Waals surface area contributed by atoms with Gasteiger partial charge in [-0.25, -0.2) is 8.78 Å². The second kappa shape index (κ2) is 13.5. The minimum absolute atomic E-state index is 0.102. The van der Waals surface area contributed by atoms with Gasteiger partial charge in [-0.05, 0) is 112 Å². The molecular formula is C32H44F2O3. The van der Waals surface area contributed by atoms with Gasteiger partial charge in [0.1, 0.15) is 45.7 Å². The van der Waals surface area contributed by atoms with Crippen molar-refractivity contribution in [3.8, 4) is 17.2 Å². The number of hydrogen-bond donors (Lipinski definition) is 0. The van der Waals surface area contributed by atoms with Crippen LogP contribution in [0.5, 0.6) is 17.2 Å². The van der Waals surface area contributed by atoms with Crippen LogP contribution in [0.25, 0.3) is 0 Å². The highest BCUT2D eigenvalue weighted by atomic mass is 19.1. The maximum absolute atomic E-state index is 12.8. The van der Waals surface area contributed by atoms with Crippen LogP contribution < -0.4 is 14.2 Å². The van der Waals surface area contributed by atoms with Crippen molar-refractivity contribution >= 4 is 0 Å². The van der Waals surface area contributed by atoms with Gasteiger partial charge in [0.2, 0.25) is 0 Å². The first kappa shape index (κ1) is 31.9. The Kier molecular flexibility index (Phi) is 11.6. The normalized spacial score (nSPS) is 11.4. The number of benzene rings is 3. The number of hydrogen-bond acceptors (Lipinski definition) is 3. The fourth-order valence-electron chi connectivity index (χ4n) is 2.86. The van der Waals surface area contributed by atoms with Gasteiger partial charge in [0.25, 0.3) is 0 Å². The lowest BCUT2D eigenvalue weighted by molar-refractivity contribution is 0.129. The maximum Gasteiger partial charge on any atom is 0.126 e. The molecule has 0 aliphatic carbocycles. The van der Waals surface area contributed by atoms with Crippen molar-refractivity contribution < 1.29 is 23.0 Å². The van der Waals surface area contributed by atoms with Crippen LogP contribution in [0.4, 0.5) is 8.78 Å². The van der Waals surface area contributed by atoms with E-state index in [4.69, 9.17) is 14.2 Å². The van der Waals surface area contributed by atoms with Gasteiger partial charge < -0.3 is 14.2 Å². The van der Waals surface area contributed by atoms with Crippen molar-refractivity contribution in [3.05, 3.63) is 89.5 Å². The lowest BCUT2D eigenvalue weighted by Crippen LogP contribution is -2.23. The summed E-state index contributed by atoms with van der Waals surface area (Å²) in [6, 6.07) is 18.8. The second-order valence-corrected chi connectivity index (χ2v) is 11.8. The van der Waals surface area contributed by atoms with Crippen LogP contribution in [-0.2, 0) is 0 Å². The Morgan fingerprint density at radius 2 is 1.00 bits per heavy atom. The van der Waals surface area contributed by atoms with E-state index in [9.17, 15) is 8.78 Å². The summed E-state index contributed by atoms with van der Waals surface area (Å²) >= 11 is 0. The van der Waals surface area contributed by atoms with E-state index in [1.165, 1.54) is 29.8 Å². The topological polar surface area (TPSA) is 27.7 Å². The number of aryl methyl sites for hydroxylation is 2. The quantitative estimate of drug-likeness (QED) is 0.348. The van der Waals surface area contributed by atoms with Crippen molar-refractivity contribution in [2.75, 3.05) is 0 Å². The summed E-state index contributed by atoms with van der Waals surface area (Å²) in [5.74, 6) is 1.60. The fourth-order valence-corrected chi connectivity index (χ4v) is 2.86. The molecule has 3 nitrogen and oxygen atoms in total. The molecular weight excluding hydrogens is 470 g/mol. The molecule has 0 unspecified atom stereocenters. The second-order valence-electron chi connectivity index (χ2n) is 11.8. The van der Waals surface area contributed by atoms with Crippen molar-refractivity contribution in [2.24, 2.45) is 0 Å². The Hall–Kier alpha value is -3.08. The van der Waals surface area contributed by atoms with Crippen molar-refractivity contribution in [3.63, 3.8) is 0 Å². The number of halogens is 2. The SMILES string of the molecule is CC(C)(C)Oc1cccc(F)c1.Cc1ccc(F)cc1OC(C)(C)C.Cc1ccc(OC(C)(C)C)cc1. The third kappa shape index (κ3) is 15.6. The molecule has 0 aromatic heterocycles. The number of ether oxygens (including phenoxy) is 3. The van der Waals surface area contributed by atoms with E-state index in [2.05, 4.69) is 19.1 Å². The van der Waals surface area contributed by atoms with Crippen LogP contribution in [0.1, 0.15) is 73.4 Å². The lowest BCUT2D eigenvalue weighted by Gasteiger charge is -2.22. The Bertz CT molecular complexity index is 1090. The Balaban J connectivity index is 0.000000278. The van der Waals surface area contributed by atoms with Gasteiger partial charge in [-0.3, -0.25) is 0 Å². The molecule has 3 aromatic rings. The highest BCUT2D eigenvalue weighted by molar-refractivity contribution is 5.33. The maximum atomic E-state index is 12.8. The van der Waals surface area contributed by atoms with Gasteiger partial charge in [0.05, 0.1) is 0 Å². The molecule has 5 heteroatoms. The van der Waals surface area contributed by atoms with Crippen LogP contribution in [0.3, 0.4) is 0 Å². The summed E-state index contributed by atoms with van der Waals surface area (Å²) in [6.45, 7) is 21.7. The van der Waals surface area contributed by atoms with Gasteiger partial charge in [-0.2, -0.15) is 0 Å². The molecule has 37 heavy (non-hydrogen) atoms. The molecule has 3 rings (SSSR count). The Labute approximate surface area is 222 Å². The summed E-state index contributed by atoms with van der Waals surface area (Å²) in [6.07, 6.45) is 0. The van der Waals surface area contributed by atoms with E-state index >= 15 is 0 Å². The molecule has 3 aromatic carbocycles. The molecule has 0 heterocycles. The minimum Gasteiger partial charge on any atom is -0.488 e. The monoisotopic (exact) mass is 514 g/mol. The third-order valence-electron chi connectivity index (χ3n) is 4.23. The molecule has 0 atom stereocenters. The summed E-state index contributed by atoms with van der Waals surface area (Å²) in [5.41, 5.74) is 1.56. The van der Waals surface area contributed by atoms with Crippen LogP contribution in [0.15, 0.2) is 66.7 Å². The van der Waals surface area contributed by atoms with Gasteiger partial charge in [0, 0.05) is 12.1 Å². The summed E-state index contributed by atoms with van der Waals surface area (Å²) in [4.78, 5) is 0. The summed E-state index contributed by atoms with van der Waals surface area (Å²) < 4.78 is 42.2. The predicted octanol–water partition coefficient (Wildman–Crippen LogP) is 9.49. The highest BCUT2D eigenvalue weighted by Gasteiger charge is 2.14. The lowest BCUT2D eigenvalue weighted by atomic mass is 10.1. The zero-order chi connectivity index (χ0) is 28.4. The van der Waals surface area contributed by atoms with E-state index in [1.807, 2.05) is 81.4 Å². The average Bonchev–Trinajstić information content (AvgIpc) is 2.70. The molecule has 0 saturated heterocycles. The molecule has 0 N–H and O–H groups in total. The van der Waals surface area contributed by atoms with Gasteiger partial charge in [0.15, 0.2) is 0 Å². The molecule has 0 fully saturated rings. The standard InChI is InChI=1S/C11H15FO.C11H16O.C10H13FO/c1-8-5-6-9(12)7-10(8)13-11(2,3)4;1-9-5-7-10(8-6-9)12-11(2,3)4;1-10(2,3)12-9-6-4-5-8(11)7-9/h5-7H,1-4H3;5-8H,1-4H3;4-7H,1-3H3. The van der Waals surface area contributed by atoms with Crippen molar-refractivity contribution in [2.45, 2.75) is 93.0 Å². The molecule has 0 amide bonds. The molecule has 0 radical (unpaired) electrons. The van der Waals surface area contributed by atoms with Crippen LogP contribution in [0.2, 0.25) is 0 Å². The summed E-state index contributed by atoms with van der Waals surface area (Å²) in [5, 5.41) is 0. The van der Waals surface area contributed by atoms with Gasteiger partial charge >= 0.3 is 0 Å². The first-order valence-corrected chi connectivity index (χ1v) is 12.5. The molecule has 0 saturated carbocycles. The van der Waals surface area contributed by atoms with Gasteiger partial charge in [-0.1, -0.05) is 29.8 Å². The zero-order valence-corrected chi connectivity index (χ0v) is 24.3. The van der Waals surface area contributed by atoms with Gasteiger partial charge in [-0.15, -0.1) is 0 Å². The first-order valence-electron chi connectivity index (χ1n) is 12.5. The number of rotatable bonds is 3. The largest absolute Gasteiger partial charge is 0.488 e. The summed E-state index contributed by atoms with van der Waals surface area (Å²) in [7, 11) is 0. The Morgan fingerprint density at radius 3 is 1.49 bits per heavy atom. The molecule has 0 spiro atoms. The fraction of sp³-hybridized carbons (Fsp3) is 0.438. The molecule has 0 aliphatic heterocycles. The van der Waals surface area contributed by atoms with Crippen LogP contribution in [-0.4, -0.2) is 16.8 Å². The van der Waals surface area contributed by atoms with E-state index in [-0.39, 0.29) is 28.4 Å². The molecule has 204 valence electrons. The van der Waals surface area contributed by atoms with E-state index < -0.39 is 0 Å². The minimum atomic E-state index is -0.279. The van der Waals surface area contributed by atoms with Crippen molar-refractivity contribution in [1.29, 1.82) is 0 Å². The third-order valence-corrected chi connectivity index (χ3v) is 4.23. The van der Waals surface area contributed by atoms with E-state index in [0.717, 1.165) is 11.3 Å². The highest BCUT2D eigenvalue weighted by Crippen LogP contribution is 2.23. The van der Waals surface area contributed by atoms with E-state index in [0.29, 0.717) is 11.5 Å².